The van der Waals surface area contributed by atoms with Crippen molar-refractivity contribution in [1.82, 2.24) is 0 Å². The van der Waals surface area contributed by atoms with Gasteiger partial charge in [0, 0.05) is 0 Å². The third kappa shape index (κ3) is 24.5. The second-order valence-electron chi connectivity index (χ2n) is 7.15. The van der Waals surface area contributed by atoms with Gasteiger partial charge in [-0.25, -0.2) is 0 Å². The second kappa shape index (κ2) is 18.0. The van der Waals surface area contributed by atoms with Crippen LogP contribution in [0.4, 0.5) is 0 Å². The van der Waals surface area contributed by atoms with Crippen LogP contribution in [0.25, 0.3) is 10.6 Å². The summed E-state index contributed by atoms with van der Waals surface area (Å²) in [5.74, 6) is 0. The SMILES string of the molecule is CCC(C)(C)[N]=[Mo+2]=[N]C(C)(C)CC.CCC(C)[N-]C.CCC[N-]C. The Morgan fingerprint density at radius 2 is 1.29 bits per heavy atom. The van der Waals surface area contributed by atoms with Crippen LogP contribution in [0.3, 0.4) is 0 Å². The smallest absolute Gasteiger partial charge is 0.0668 e. The molecular weight excluding hydrogens is 380 g/mol. The number of hydrogen-bond donors (Lipinski definition) is 0. The topological polar surface area (TPSA) is 52.9 Å². The molecule has 0 aromatic heterocycles. The predicted molar refractivity (Wildman–Crippen MR) is 107 cm³/mol. The van der Waals surface area contributed by atoms with Gasteiger partial charge >= 0.3 is 90.7 Å². The number of rotatable bonds is 8. The van der Waals surface area contributed by atoms with Crippen LogP contribution in [0, 0.1) is 0 Å². The van der Waals surface area contributed by atoms with Gasteiger partial charge in [-0.15, -0.1) is 12.6 Å². The van der Waals surface area contributed by atoms with Crippen molar-refractivity contribution in [3.05, 3.63) is 10.6 Å². The molecule has 0 spiro atoms. The maximum atomic E-state index is 4.67. The summed E-state index contributed by atoms with van der Waals surface area (Å²) in [6.07, 6.45) is 4.56. The maximum absolute atomic E-state index is 4.67. The quantitative estimate of drug-likeness (QED) is 0.377. The van der Waals surface area contributed by atoms with E-state index in [1.54, 1.807) is 0 Å². The zero-order valence-electron chi connectivity index (χ0n) is 18.3. The summed E-state index contributed by atoms with van der Waals surface area (Å²) in [4.78, 5) is 0. The standard InChI is InChI=1S/C5H12N.2C5H11N.C4H10N.Mo/c1-4-5(2)6-3;2*1-4-5(2,3)6;1-3-4-5-2;/h5H,4H2,1-3H3;2*4H2,1-3H3;3-4H2,1-2H3;/q-1;;;-1;+2. The van der Waals surface area contributed by atoms with E-state index in [2.05, 4.69) is 79.9 Å². The first-order chi connectivity index (χ1) is 11.1. The van der Waals surface area contributed by atoms with Crippen molar-refractivity contribution < 1.29 is 18.2 Å². The summed E-state index contributed by atoms with van der Waals surface area (Å²) >= 11 is -0.492. The molecule has 0 saturated heterocycles. The fraction of sp³-hybridized carbons (Fsp3) is 1.00. The summed E-state index contributed by atoms with van der Waals surface area (Å²) in [5, 5.41) is 7.86. The molecule has 0 radical (unpaired) electrons. The van der Waals surface area contributed by atoms with Gasteiger partial charge in [0.2, 0.25) is 0 Å². The molecule has 24 heavy (non-hydrogen) atoms. The van der Waals surface area contributed by atoms with Gasteiger partial charge in [-0.2, -0.15) is 14.1 Å². The van der Waals surface area contributed by atoms with Crippen molar-refractivity contribution in [3.63, 3.8) is 0 Å². The Balaban J connectivity index is -0.000000332. The Morgan fingerprint density at radius 1 is 0.875 bits per heavy atom. The van der Waals surface area contributed by atoms with E-state index < -0.39 is 18.2 Å². The van der Waals surface area contributed by atoms with E-state index in [0.29, 0.717) is 6.04 Å². The average Bonchev–Trinajstić information content (AvgIpc) is 2.55. The van der Waals surface area contributed by atoms with Crippen molar-refractivity contribution in [3.8, 4) is 0 Å². The molecule has 4 nitrogen and oxygen atoms in total. The van der Waals surface area contributed by atoms with E-state index in [9.17, 15) is 0 Å². The molecule has 0 aromatic carbocycles. The van der Waals surface area contributed by atoms with Crippen molar-refractivity contribution in [2.45, 2.75) is 105 Å². The van der Waals surface area contributed by atoms with Gasteiger partial charge in [0.1, 0.15) is 0 Å². The summed E-state index contributed by atoms with van der Waals surface area (Å²) in [6.45, 7) is 20.5. The second-order valence-corrected chi connectivity index (χ2v) is 8.45. The fourth-order valence-electron chi connectivity index (χ4n) is 0.777. The van der Waals surface area contributed by atoms with Gasteiger partial charge in [0.05, 0.1) is 0 Å². The van der Waals surface area contributed by atoms with Crippen LogP contribution >= 0.6 is 0 Å². The molecule has 0 saturated carbocycles. The third-order valence-electron chi connectivity index (χ3n) is 3.79. The van der Waals surface area contributed by atoms with Crippen molar-refractivity contribution in [2.24, 2.45) is 6.99 Å². The van der Waals surface area contributed by atoms with E-state index in [0.717, 1.165) is 25.8 Å². The Morgan fingerprint density at radius 3 is 1.42 bits per heavy atom. The van der Waals surface area contributed by atoms with Gasteiger partial charge in [-0.1, -0.05) is 33.6 Å². The van der Waals surface area contributed by atoms with Crippen LogP contribution in [0.15, 0.2) is 6.99 Å². The Bertz CT molecular complexity index is 295. The summed E-state index contributed by atoms with van der Waals surface area (Å²) in [6, 6.07) is 0.560. The van der Waals surface area contributed by atoms with Gasteiger partial charge in [0.15, 0.2) is 0 Å². The van der Waals surface area contributed by atoms with Crippen LogP contribution in [0.2, 0.25) is 0 Å². The number of nitrogens with zero attached hydrogens (tertiary/aromatic N) is 4. The first-order valence-corrected chi connectivity index (χ1v) is 11.1. The van der Waals surface area contributed by atoms with Crippen LogP contribution in [-0.4, -0.2) is 37.8 Å². The predicted octanol–water partition coefficient (Wildman–Crippen LogP) is 7.00. The average molecular weight is 425 g/mol. The van der Waals surface area contributed by atoms with E-state index in [1.807, 2.05) is 14.1 Å². The molecule has 0 aliphatic heterocycles. The van der Waals surface area contributed by atoms with Crippen molar-refractivity contribution >= 4 is 0 Å². The van der Waals surface area contributed by atoms with Gasteiger partial charge in [-0.3, -0.25) is 0 Å². The van der Waals surface area contributed by atoms with Crippen molar-refractivity contribution in [1.29, 1.82) is 0 Å². The summed E-state index contributed by atoms with van der Waals surface area (Å²) < 4.78 is 9.34. The molecule has 0 aliphatic rings. The minimum atomic E-state index is -0.492. The summed E-state index contributed by atoms with van der Waals surface area (Å²) in [7, 11) is 3.69. The minimum Gasteiger partial charge on any atom is -0.665 e. The largest absolute Gasteiger partial charge is 0.665 e. The monoisotopic (exact) mass is 426 g/mol. The molecule has 0 aliphatic carbocycles. The van der Waals surface area contributed by atoms with E-state index in [1.165, 1.54) is 6.42 Å². The zero-order valence-corrected chi connectivity index (χ0v) is 20.3. The van der Waals surface area contributed by atoms with Gasteiger partial charge < -0.3 is 10.6 Å². The van der Waals surface area contributed by atoms with E-state index in [-0.39, 0.29) is 11.1 Å². The first-order valence-electron chi connectivity index (χ1n) is 9.30. The molecule has 146 valence electrons. The van der Waals surface area contributed by atoms with Crippen molar-refractivity contribution in [2.75, 3.05) is 20.6 Å². The molecule has 0 bridgehead atoms. The molecule has 0 aromatic rings. The van der Waals surface area contributed by atoms with Crippen LogP contribution in [0.5, 0.6) is 0 Å². The molecule has 5 heteroatoms. The molecule has 0 heterocycles. The van der Waals surface area contributed by atoms with E-state index in [4.69, 9.17) is 0 Å². The normalized spacial score (nSPS) is 12.0. The van der Waals surface area contributed by atoms with Crippen LogP contribution < -0.4 is 0 Å². The zero-order chi connectivity index (χ0) is 19.6. The molecule has 1 atom stereocenters. The Kier molecular flexibility index (Phi) is 21.8. The van der Waals surface area contributed by atoms with Crippen LogP contribution in [0.1, 0.15) is 88.0 Å². The van der Waals surface area contributed by atoms with E-state index >= 15 is 0 Å². The molecule has 0 rings (SSSR count). The maximum Gasteiger partial charge on any atom is -0.0668 e. The molecule has 0 fully saturated rings. The Labute approximate surface area is 161 Å². The molecular formula is C19H44MoN4. The molecule has 0 N–H and O–H groups in total. The summed E-state index contributed by atoms with van der Waals surface area (Å²) in [5.41, 5.74) is 0.297. The minimum absolute atomic E-state index is 0.148. The van der Waals surface area contributed by atoms with Gasteiger partial charge in [-0.05, 0) is 0 Å². The fourth-order valence-corrected chi connectivity index (χ4v) is 2.60. The molecule has 0 amide bonds. The molecule has 1 unspecified atom stereocenters. The first kappa shape index (κ1) is 29.0. The Hall–Kier alpha value is 0.208. The van der Waals surface area contributed by atoms with Crippen LogP contribution in [-0.2, 0) is 18.2 Å². The third-order valence-corrected chi connectivity index (χ3v) is 6.62. The number of hydrogen-bond acceptors (Lipinski definition) is 2. The van der Waals surface area contributed by atoms with Gasteiger partial charge in [0.25, 0.3) is 0 Å².